The molecule has 2 rings (SSSR count). The first-order valence-corrected chi connectivity index (χ1v) is 5.50. The summed E-state index contributed by atoms with van der Waals surface area (Å²) in [6.07, 6.45) is 0. The number of hydrogen-bond donors (Lipinski definition) is 1. The average molecular weight is 228 g/mol. The van der Waals surface area contributed by atoms with Crippen LogP contribution in [0.25, 0.3) is 0 Å². The molecule has 0 atom stereocenters. The van der Waals surface area contributed by atoms with Crippen molar-refractivity contribution < 1.29 is 5.21 Å². The lowest BCUT2D eigenvalue weighted by molar-refractivity contribution is 0.301. The van der Waals surface area contributed by atoms with Crippen LogP contribution >= 0.6 is 0 Å². The lowest BCUT2D eigenvalue weighted by Crippen LogP contribution is -2.16. The van der Waals surface area contributed by atoms with Crippen LogP contribution in [0.2, 0.25) is 0 Å². The Morgan fingerprint density at radius 2 is 1.29 bits per heavy atom. The van der Waals surface area contributed by atoms with Gasteiger partial charge in [-0.25, -0.2) is 5.06 Å². The molecule has 88 valence electrons. The zero-order chi connectivity index (χ0) is 12.3. The van der Waals surface area contributed by atoms with Gasteiger partial charge in [0.05, 0.1) is 17.1 Å². The molecule has 0 aromatic heterocycles. The first-order valence-electron chi connectivity index (χ1n) is 5.50. The summed E-state index contributed by atoms with van der Waals surface area (Å²) in [6, 6.07) is 17.2. The minimum Gasteiger partial charge on any atom is -0.376 e. The fourth-order valence-corrected chi connectivity index (χ4v) is 1.73. The molecule has 3 nitrogen and oxygen atoms in total. The average Bonchev–Trinajstić information content (AvgIpc) is 2.39. The molecule has 0 fully saturated rings. The fraction of sp³-hybridized carbons (Fsp3) is 0.143. The molecule has 3 heteroatoms. The molecule has 0 aliphatic rings. The highest BCUT2D eigenvalue weighted by atomic mass is 16.5. The van der Waals surface area contributed by atoms with E-state index in [9.17, 15) is 5.21 Å². The van der Waals surface area contributed by atoms with E-state index in [-0.39, 0.29) is 0 Å². The van der Waals surface area contributed by atoms with Gasteiger partial charge in [0.1, 0.15) is 0 Å². The molecule has 0 aliphatic carbocycles. The Morgan fingerprint density at radius 1 is 0.765 bits per heavy atom. The third-order valence-electron chi connectivity index (χ3n) is 2.59. The van der Waals surface area contributed by atoms with E-state index in [1.165, 1.54) is 5.06 Å². The van der Waals surface area contributed by atoms with Crippen molar-refractivity contribution in [3.8, 4) is 0 Å². The van der Waals surface area contributed by atoms with E-state index < -0.39 is 0 Å². The van der Waals surface area contributed by atoms with Gasteiger partial charge in [0.2, 0.25) is 0 Å². The van der Waals surface area contributed by atoms with Gasteiger partial charge in [0.25, 0.3) is 0 Å². The van der Waals surface area contributed by atoms with Crippen molar-refractivity contribution in [3.63, 3.8) is 0 Å². The topological polar surface area (TPSA) is 26.7 Å². The minimum atomic E-state index is 0.752. The van der Waals surface area contributed by atoms with Gasteiger partial charge in [-0.05, 0) is 24.3 Å². The van der Waals surface area contributed by atoms with Crippen LogP contribution in [0.5, 0.6) is 0 Å². The monoisotopic (exact) mass is 228 g/mol. The Hall–Kier alpha value is -2.00. The number of hydrogen-bond acceptors (Lipinski definition) is 3. The van der Waals surface area contributed by atoms with E-state index in [4.69, 9.17) is 0 Å². The Balaban J connectivity index is 2.41. The van der Waals surface area contributed by atoms with E-state index in [0.717, 1.165) is 17.1 Å². The third-order valence-corrected chi connectivity index (χ3v) is 2.59. The molecule has 17 heavy (non-hydrogen) atoms. The number of nitrogens with zero attached hydrogens (tertiary/aromatic N) is 2. The Bertz CT molecular complexity index is 483. The molecular formula is C14H16N2O. The molecular weight excluding hydrogens is 212 g/mol. The number of anilines is 3. The van der Waals surface area contributed by atoms with Gasteiger partial charge in [-0.15, -0.1) is 0 Å². The van der Waals surface area contributed by atoms with Crippen LogP contribution in [-0.4, -0.2) is 19.3 Å². The second-order valence-corrected chi connectivity index (χ2v) is 4.03. The van der Waals surface area contributed by atoms with E-state index in [1.807, 2.05) is 73.6 Å². The zero-order valence-electron chi connectivity index (χ0n) is 10.0. The SMILES string of the molecule is CN(C)c1ccccc1N(O)c1ccccc1. The molecule has 2 aromatic carbocycles. The Kier molecular flexibility index (Phi) is 3.30. The standard InChI is InChI=1S/C14H16N2O/c1-15(2)13-10-6-7-11-14(13)16(17)12-8-4-3-5-9-12/h3-11,17H,1-2H3. The summed E-state index contributed by atoms with van der Waals surface area (Å²) < 4.78 is 0. The minimum absolute atomic E-state index is 0.752. The van der Waals surface area contributed by atoms with Crippen molar-refractivity contribution in [2.24, 2.45) is 0 Å². The van der Waals surface area contributed by atoms with Crippen molar-refractivity contribution >= 4 is 17.1 Å². The first kappa shape index (κ1) is 11.5. The summed E-state index contributed by atoms with van der Waals surface area (Å²) in [5.74, 6) is 0. The predicted octanol–water partition coefficient (Wildman–Crippen LogP) is 3.28. The smallest absolute Gasteiger partial charge is 0.0926 e. The van der Waals surface area contributed by atoms with Gasteiger partial charge in [-0.1, -0.05) is 30.3 Å². The second-order valence-electron chi connectivity index (χ2n) is 4.03. The van der Waals surface area contributed by atoms with Crippen LogP contribution in [0.15, 0.2) is 54.6 Å². The molecule has 0 bridgehead atoms. The van der Waals surface area contributed by atoms with Crippen molar-refractivity contribution in [2.75, 3.05) is 24.1 Å². The lowest BCUT2D eigenvalue weighted by atomic mass is 10.2. The molecule has 0 unspecified atom stereocenters. The molecule has 1 N–H and O–H groups in total. The first-order chi connectivity index (χ1) is 8.20. The van der Waals surface area contributed by atoms with Gasteiger partial charge in [-0.2, -0.15) is 0 Å². The van der Waals surface area contributed by atoms with Gasteiger partial charge in [0, 0.05) is 14.1 Å². The van der Waals surface area contributed by atoms with Gasteiger partial charge in [-0.3, -0.25) is 5.21 Å². The van der Waals surface area contributed by atoms with E-state index in [0.29, 0.717) is 0 Å². The van der Waals surface area contributed by atoms with Crippen LogP contribution < -0.4 is 9.96 Å². The fourth-order valence-electron chi connectivity index (χ4n) is 1.73. The third kappa shape index (κ3) is 2.40. The van der Waals surface area contributed by atoms with E-state index >= 15 is 0 Å². The Morgan fingerprint density at radius 3 is 1.88 bits per heavy atom. The largest absolute Gasteiger partial charge is 0.376 e. The van der Waals surface area contributed by atoms with Gasteiger partial charge in [0.15, 0.2) is 0 Å². The summed E-state index contributed by atoms with van der Waals surface area (Å²) >= 11 is 0. The maximum atomic E-state index is 10.2. The van der Waals surface area contributed by atoms with Crippen LogP contribution in [0, 0.1) is 0 Å². The maximum absolute atomic E-state index is 10.2. The van der Waals surface area contributed by atoms with Crippen LogP contribution in [0.4, 0.5) is 17.1 Å². The highest BCUT2D eigenvalue weighted by Crippen LogP contribution is 2.31. The van der Waals surface area contributed by atoms with Crippen molar-refractivity contribution in [1.29, 1.82) is 0 Å². The molecule has 0 aliphatic heterocycles. The summed E-state index contributed by atoms with van der Waals surface area (Å²) in [5, 5.41) is 11.4. The summed E-state index contributed by atoms with van der Waals surface area (Å²) in [5.41, 5.74) is 2.49. The Labute approximate surface area is 101 Å². The van der Waals surface area contributed by atoms with Crippen molar-refractivity contribution in [1.82, 2.24) is 0 Å². The molecule has 0 spiro atoms. The lowest BCUT2D eigenvalue weighted by Gasteiger charge is -2.23. The van der Waals surface area contributed by atoms with Crippen molar-refractivity contribution in [3.05, 3.63) is 54.6 Å². The molecule has 0 saturated heterocycles. The normalized spacial score (nSPS) is 10.1. The zero-order valence-corrected chi connectivity index (χ0v) is 10.0. The summed E-state index contributed by atoms with van der Waals surface area (Å²) in [7, 11) is 3.91. The molecule has 0 radical (unpaired) electrons. The molecule has 0 amide bonds. The van der Waals surface area contributed by atoms with Crippen LogP contribution in [0.1, 0.15) is 0 Å². The van der Waals surface area contributed by atoms with Crippen molar-refractivity contribution in [2.45, 2.75) is 0 Å². The summed E-state index contributed by atoms with van der Waals surface area (Å²) in [6.45, 7) is 0. The molecule has 2 aromatic rings. The highest BCUT2D eigenvalue weighted by molar-refractivity contribution is 5.74. The second kappa shape index (κ2) is 4.89. The summed E-state index contributed by atoms with van der Waals surface area (Å²) in [4.78, 5) is 1.97. The van der Waals surface area contributed by atoms with Gasteiger partial charge < -0.3 is 4.90 Å². The van der Waals surface area contributed by atoms with Gasteiger partial charge >= 0.3 is 0 Å². The van der Waals surface area contributed by atoms with E-state index in [1.54, 1.807) is 0 Å². The highest BCUT2D eigenvalue weighted by Gasteiger charge is 2.11. The molecule has 0 saturated carbocycles. The van der Waals surface area contributed by atoms with E-state index in [2.05, 4.69) is 0 Å². The number of benzene rings is 2. The quantitative estimate of drug-likeness (QED) is 0.817. The number of rotatable bonds is 3. The molecule has 0 heterocycles. The van der Waals surface area contributed by atoms with Crippen LogP contribution in [-0.2, 0) is 0 Å². The van der Waals surface area contributed by atoms with Crippen LogP contribution in [0.3, 0.4) is 0 Å². The number of para-hydroxylation sites is 3. The maximum Gasteiger partial charge on any atom is 0.0926 e. The predicted molar refractivity (Wildman–Crippen MR) is 71.1 cm³/mol.